The molecule has 6 heteroatoms. The van der Waals surface area contributed by atoms with E-state index in [1.807, 2.05) is 0 Å². The molecule has 0 spiro atoms. The molecule has 80 valence electrons. The first-order chi connectivity index (χ1) is 6.72. The molecule has 1 heterocycles. The lowest BCUT2D eigenvalue weighted by molar-refractivity contribution is -0.119. The Hall–Kier alpha value is -1.30. The number of hydrogen-bond acceptors (Lipinski definition) is 3. The van der Waals surface area contributed by atoms with Crippen molar-refractivity contribution in [2.45, 2.75) is 12.5 Å². The highest BCUT2D eigenvalue weighted by molar-refractivity contribution is 5.83. The third-order valence-corrected chi connectivity index (χ3v) is 1.95. The maximum atomic E-state index is 11.2. The van der Waals surface area contributed by atoms with Crippen LogP contribution in [0.5, 0.6) is 0 Å². The van der Waals surface area contributed by atoms with Crippen molar-refractivity contribution in [1.29, 1.82) is 0 Å². The summed E-state index contributed by atoms with van der Waals surface area (Å²) in [5, 5.41) is 7.55. The second-order valence-electron chi connectivity index (χ2n) is 3.06. The van der Waals surface area contributed by atoms with Crippen LogP contribution in [0.4, 0.5) is 4.79 Å². The van der Waals surface area contributed by atoms with Crippen molar-refractivity contribution in [2.24, 2.45) is 0 Å². The van der Waals surface area contributed by atoms with Crippen LogP contribution in [0.1, 0.15) is 6.42 Å². The molecular formula is C8H15N3O3. The number of ether oxygens (including phenoxy) is 1. The van der Waals surface area contributed by atoms with Crippen LogP contribution in [0.25, 0.3) is 0 Å². The predicted molar refractivity (Wildman–Crippen MR) is 49.8 cm³/mol. The first-order valence-electron chi connectivity index (χ1n) is 4.55. The number of rotatable bonds is 3. The van der Waals surface area contributed by atoms with Gasteiger partial charge >= 0.3 is 6.03 Å². The Kier molecular flexibility index (Phi) is 4.18. The largest absolute Gasteiger partial charge is 0.379 e. The van der Waals surface area contributed by atoms with Gasteiger partial charge in [0.05, 0.1) is 19.2 Å². The molecule has 0 bridgehead atoms. The van der Waals surface area contributed by atoms with Crippen LogP contribution in [0, 0.1) is 0 Å². The zero-order valence-electron chi connectivity index (χ0n) is 8.13. The Morgan fingerprint density at radius 3 is 2.86 bits per heavy atom. The second kappa shape index (κ2) is 5.43. The molecule has 0 aromatic carbocycles. The average molecular weight is 201 g/mol. The Balaban J connectivity index is 2.12. The van der Waals surface area contributed by atoms with Gasteiger partial charge in [-0.05, 0) is 6.42 Å². The minimum atomic E-state index is -0.330. The van der Waals surface area contributed by atoms with Crippen molar-refractivity contribution in [1.82, 2.24) is 16.0 Å². The molecule has 1 unspecified atom stereocenters. The number of nitrogens with one attached hydrogen (secondary N) is 3. The summed E-state index contributed by atoms with van der Waals surface area (Å²) in [5.41, 5.74) is 0. The molecule has 3 N–H and O–H groups in total. The SMILES string of the molecule is CNC(=O)CNC(=O)NC1CCOC1. The zero-order valence-corrected chi connectivity index (χ0v) is 8.13. The van der Waals surface area contributed by atoms with Crippen LogP contribution in [0.3, 0.4) is 0 Å². The van der Waals surface area contributed by atoms with E-state index in [1.165, 1.54) is 7.05 Å². The van der Waals surface area contributed by atoms with Gasteiger partial charge in [-0.15, -0.1) is 0 Å². The van der Waals surface area contributed by atoms with Crippen molar-refractivity contribution in [3.63, 3.8) is 0 Å². The molecule has 3 amide bonds. The molecule has 1 atom stereocenters. The van der Waals surface area contributed by atoms with E-state index in [-0.39, 0.29) is 24.5 Å². The zero-order chi connectivity index (χ0) is 10.4. The van der Waals surface area contributed by atoms with Gasteiger partial charge < -0.3 is 20.7 Å². The average Bonchev–Trinajstić information content (AvgIpc) is 2.66. The molecule has 0 radical (unpaired) electrons. The molecule has 0 aromatic heterocycles. The molecule has 6 nitrogen and oxygen atoms in total. The third kappa shape index (κ3) is 3.61. The fraction of sp³-hybridized carbons (Fsp3) is 0.750. The van der Waals surface area contributed by atoms with Crippen molar-refractivity contribution >= 4 is 11.9 Å². The van der Waals surface area contributed by atoms with Crippen molar-refractivity contribution in [3.8, 4) is 0 Å². The first-order valence-corrected chi connectivity index (χ1v) is 4.55. The number of carbonyl (C=O) groups is 2. The van der Waals surface area contributed by atoms with Gasteiger partial charge in [0.2, 0.25) is 5.91 Å². The normalized spacial score (nSPS) is 20.2. The quantitative estimate of drug-likeness (QED) is 0.538. The summed E-state index contributed by atoms with van der Waals surface area (Å²) in [6, 6.07) is -0.260. The first kappa shape index (κ1) is 10.8. The van der Waals surface area contributed by atoms with Gasteiger partial charge in [0.15, 0.2) is 0 Å². The predicted octanol–water partition coefficient (Wildman–Crippen LogP) is -1.18. The van der Waals surface area contributed by atoms with E-state index in [0.29, 0.717) is 13.2 Å². The topological polar surface area (TPSA) is 79.5 Å². The maximum Gasteiger partial charge on any atom is 0.315 e. The van der Waals surface area contributed by atoms with Crippen LogP contribution < -0.4 is 16.0 Å². The number of urea groups is 1. The highest BCUT2D eigenvalue weighted by atomic mass is 16.5. The van der Waals surface area contributed by atoms with Gasteiger partial charge in [-0.1, -0.05) is 0 Å². The minimum absolute atomic E-state index is 0.00406. The molecule has 0 saturated carbocycles. The van der Waals surface area contributed by atoms with Crippen LogP contribution in [0.15, 0.2) is 0 Å². The van der Waals surface area contributed by atoms with Gasteiger partial charge in [-0.2, -0.15) is 0 Å². The van der Waals surface area contributed by atoms with Crippen molar-refractivity contribution < 1.29 is 14.3 Å². The van der Waals surface area contributed by atoms with Crippen molar-refractivity contribution in [3.05, 3.63) is 0 Å². The Labute approximate surface area is 82.4 Å². The Morgan fingerprint density at radius 1 is 1.50 bits per heavy atom. The third-order valence-electron chi connectivity index (χ3n) is 1.95. The molecule has 1 fully saturated rings. The fourth-order valence-electron chi connectivity index (χ4n) is 1.13. The summed E-state index contributed by atoms with van der Waals surface area (Å²) in [6.45, 7) is 1.23. The maximum absolute atomic E-state index is 11.2. The van der Waals surface area contributed by atoms with E-state index >= 15 is 0 Å². The summed E-state index contributed by atoms with van der Waals surface area (Å²) >= 11 is 0. The standard InChI is InChI=1S/C8H15N3O3/c1-9-7(12)4-10-8(13)11-6-2-3-14-5-6/h6H,2-5H2,1H3,(H,9,12)(H2,10,11,13). The monoisotopic (exact) mass is 201 g/mol. The highest BCUT2D eigenvalue weighted by Gasteiger charge is 2.17. The minimum Gasteiger partial charge on any atom is -0.379 e. The summed E-state index contributed by atoms with van der Waals surface area (Å²) in [4.78, 5) is 21.9. The van der Waals surface area contributed by atoms with Crippen LogP contribution >= 0.6 is 0 Å². The lowest BCUT2D eigenvalue weighted by Gasteiger charge is -2.11. The van der Waals surface area contributed by atoms with E-state index in [1.54, 1.807) is 0 Å². The summed E-state index contributed by atoms with van der Waals surface area (Å²) in [7, 11) is 1.52. The molecule has 1 rings (SSSR count). The van der Waals surface area contributed by atoms with Crippen LogP contribution in [0.2, 0.25) is 0 Å². The molecule has 1 aliphatic rings. The van der Waals surface area contributed by atoms with Gasteiger partial charge in [0, 0.05) is 13.7 Å². The van der Waals surface area contributed by atoms with E-state index in [9.17, 15) is 9.59 Å². The van der Waals surface area contributed by atoms with Gasteiger partial charge in [-0.3, -0.25) is 4.79 Å². The number of amides is 3. The Bertz CT molecular complexity index is 214. The second-order valence-corrected chi connectivity index (χ2v) is 3.06. The fourth-order valence-corrected chi connectivity index (χ4v) is 1.13. The summed E-state index contributed by atoms with van der Waals surface area (Å²) in [6.07, 6.45) is 0.827. The molecule has 14 heavy (non-hydrogen) atoms. The molecule has 1 saturated heterocycles. The molecule has 0 aliphatic carbocycles. The van der Waals surface area contributed by atoms with E-state index in [0.717, 1.165) is 6.42 Å². The van der Waals surface area contributed by atoms with Gasteiger partial charge in [0.1, 0.15) is 0 Å². The van der Waals surface area contributed by atoms with Crippen LogP contribution in [-0.2, 0) is 9.53 Å². The summed E-state index contributed by atoms with van der Waals surface area (Å²) < 4.78 is 5.08. The lowest BCUT2D eigenvalue weighted by Crippen LogP contribution is -2.45. The number of hydrogen-bond donors (Lipinski definition) is 3. The number of carbonyl (C=O) groups excluding carboxylic acids is 2. The van der Waals surface area contributed by atoms with Gasteiger partial charge in [-0.25, -0.2) is 4.79 Å². The van der Waals surface area contributed by atoms with Crippen molar-refractivity contribution in [2.75, 3.05) is 26.8 Å². The lowest BCUT2D eigenvalue weighted by atomic mass is 10.3. The summed E-state index contributed by atoms with van der Waals surface area (Å²) in [5.74, 6) is -0.220. The smallest absolute Gasteiger partial charge is 0.315 e. The van der Waals surface area contributed by atoms with E-state index < -0.39 is 0 Å². The molecular weight excluding hydrogens is 186 g/mol. The highest BCUT2D eigenvalue weighted by Crippen LogP contribution is 2.02. The van der Waals surface area contributed by atoms with Crippen LogP contribution in [-0.4, -0.2) is 44.8 Å². The molecule has 0 aromatic rings. The molecule has 1 aliphatic heterocycles. The Morgan fingerprint density at radius 2 is 2.29 bits per heavy atom. The number of likely N-dealkylation sites (N-methyl/N-ethyl adjacent to an activating group) is 1. The van der Waals surface area contributed by atoms with E-state index in [4.69, 9.17) is 4.74 Å². The van der Waals surface area contributed by atoms with E-state index in [2.05, 4.69) is 16.0 Å². The van der Waals surface area contributed by atoms with Gasteiger partial charge in [0.25, 0.3) is 0 Å².